The average molecular weight is 315 g/mol. The number of aryl methyl sites for hydroxylation is 1. The molecule has 0 aliphatic carbocycles. The van der Waals surface area contributed by atoms with Gasteiger partial charge in [0.15, 0.2) is 0 Å². The second-order valence-corrected chi connectivity index (χ2v) is 7.04. The van der Waals surface area contributed by atoms with Crippen LogP contribution in [0.2, 0.25) is 0 Å². The zero-order valence-corrected chi connectivity index (χ0v) is 14.1. The number of hydrogen-bond acceptors (Lipinski definition) is 2. The Labute approximate surface area is 137 Å². The number of carbonyl (C=O) groups excluding carboxylic acids is 2. The summed E-state index contributed by atoms with van der Waals surface area (Å²) in [6.45, 7) is 9.37. The molecule has 3 rings (SSSR count). The first kappa shape index (κ1) is 15.8. The quantitative estimate of drug-likeness (QED) is 0.912. The lowest BCUT2D eigenvalue weighted by Gasteiger charge is -2.35. The number of piperidine rings is 1. The topological polar surface area (TPSA) is 52.7 Å². The highest BCUT2D eigenvalue weighted by molar-refractivity contribution is 5.98. The highest BCUT2D eigenvalue weighted by atomic mass is 16.2. The third-order valence-corrected chi connectivity index (χ3v) is 4.75. The first-order valence-electron chi connectivity index (χ1n) is 8.41. The van der Waals surface area contributed by atoms with E-state index in [1.807, 2.05) is 30.0 Å². The van der Waals surface area contributed by atoms with Gasteiger partial charge in [-0.2, -0.15) is 0 Å². The van der Waals surface area contributed by atoms with E-state index in [1.54, 1.807) is 4.90 Å². The van der Waals surface area contributed by atoms with Crippen molar-refractivity contribution in [2.24, 2.45) is 11.8 Å². The second kappa shape index (κ2) is 6.22. The number of nitrogens with one attached hydrogen (secondary N) is 1. The summed E-state index contributed by atoms with van der Waals surface area (Å²) in [6, 6.07) is 5.59. The highest BCUT2D eigenvalue weighted by Gasteiger charge is 2.27. The summed E-state index contributed by atoms with van der Waals surface area (Å²) in [4.78, 5) is 28.3. The van der Waals surface area contributed by atoms with E-state index in [4.69, 9.17) is 0 Å². The molecule has 0 aromatic heterocycles. The van der Waals surface area contributed by atoms with E-state index in [0.717, 1.165) is 24.3 Å². The van der Waals surface area contributed by atoms with E-state index in [2.05, 4.69) is 19.2 Å². The maximum absolute atomic E-state index is 12.8. The molecule has 5 nitrogen and oxygen atoms in total. The van der Waals surface area contributed by atoms with Crippen molar-refractivity contribution in [3.63, 3.8) is 0 Å². The third kappa shape index (κ3) is 3.19. The van der Waals surface area contributed by atoms with E-state index in [1.165, 1.54) is 6.42 Å². The third-order valence-electron chi connectivity index (χ3n) is 4.75. The molecule has 1 aromatic rings. The van der Waals surface area contributed by atoms with Gasteiger partial charge in [0.2, 0.25) is 0 Å². The summed E-state index contributed by atoms with van der Waals surface area (Å²) >= 11 is 0. The number of amides is 3. The SMILES string of the molecule is Cc1cc(C(=O)N2CC(C)CC(C)C2)ccc1N1CCNC1=O. The van der Waals surface area contributed by atoms with E-state index in [-0.39, 0.29) is 11.9 Å². The van der Waals surface area contributed by atoms with Crippen LogP contribution < -0.4 is 10.2 Å². The first-order valence-corrected chi connectivity index (χ1v) is 8.41. The molecule has 2 heterocycles. The number of benzene rings is 1. The van der Waals surface area contributed by atoms with Gasteiger partial charge in [-0.1, -0.05) is 13.8 Å². The molecule has 2 aliphatic rings. The molecule has 0 saturated carbocycles. The molecular weight excluding hydrogens is 290 g/mol. The summed E-state index contributed by atoms with van der Waals surface area (Å²) in [5, 5.41) is 2.81. The molecule has 1 N–H and O–H groups in total. The van der Waals surface area contributed by atoms with E-state index >= 15 is 0 Å². The van der Waals surface area contributed by atoms with Gasteiger partial charge in [-0.15, -0.1) is 0 Å². The summed E-state index contributed by atoms with van der Waals surface area (Å²) in [5.74, 6) is 1.21. The van der Waals surface area contributed by atoms with Crippen molar-refractivity contribution in [1.29, 1.82) is 0 Å². The van der Waals surface area contributed by atoms with Gasteiger partial charge < -0.3 is 10.2 Å². The van der Waals surface area contributed by atoms with Crippen LogP contribution in [0.25, 0.3) is 0 Å². The molecule has 2 saturated heterocycles. The van der Waals surface area contributed by atoms with Crippen LogP contribution in [-0.4, -0.2) is 43.0 Å². The molecule has 1 aromatic carbocycles. The van der Waals surface area contributed by atoms with Gasteiger partial charge in [0.05, 0.1) is 0 Å². The number of hydrogen-bond donors (Lipinski definition) is 1. The molecular formula is C18H25N3O2. The Morgan fingerprint density at radius 1 is 1.22 bits per heavy atom. The molecule has 3 amide bonds. The fourth-order valence-electron chi connectivity index (χ4n) is 3.80. The monoisotopic (exact) mass is 315 g/mol. The average Bonchev–Trinajstić information content (AvgIpc) is 2.91. The number of urea groups is 1. The molecule has 23 heavy (non-hydrogen) atoms. The first-order chi connectivity index (χ1) is 11.0. The molecule has 2 fully saturated rings. The van der Waals surface area contributed by atoms with E-state index in [0.29, 0.717) is 30.5 Å². The van der Waals surface area contributed by atoms with Crippen molar-refractivity contribution in [3.05, 3.63) is 29.3 Å². The van der Waals surface area contributed by atoms with Crippen molar-refractivity contribution in [2.45, 2.75) is 27.2 Å². The lowest BCUT2D eigenvalue weighted by atomic mass is 9.91. The number of anilines is 1. The minimum atomic E-state index is -0.0640. The zero-order valence-electron chi connectivity index (χ0n) is 14.1. The Morgan fingerprint density at radius 2 is 1.91 bits per heavy atom. The zero-order chi connectivity index (χ0) is 16.6. The summed E-state index contributed by atoms with van der Waals surface area (Å²) in [6.07, 6.45) is 1.19. The van der Waals surface area contributed by atoms with Crippen LogP contribution in [-0.2, 0) is 0 Å². The van der Waals surface area contributed by atoms with Gasteiger partial charge in [0, 0.05) is 37.4 Å². The largest absolute Gasteiger partial charge is 0.338 e. The minimum absolute atomic E-state index is 0.0640. The smallest absolute Gasteiger partial charge is 0.322 e. The normalized spacial score (nSPS) is 24.7. The van der Waals surface area contributed by atoms with Crippen molar-refractivity contribution in [1.82, 2.24) is 10.2 Å². The van der Waals surface area contributed by atoms with Gasteiger partial charge in [0.25, 0.3) is 5.91 Å². The Kier molecular flexibility index (Phi) is 4.28. The maximum Gasteiger partial charge on any atom is 0.322 e. The number of carbonyl (C=O) groups is 2. The Balaban J connectivity index is 1.79. The lowest BCUT2D eigenvalue weighted by Crippen LogP contribution is -2.42. The minimum Gasteiger partial charge on any atom is -0.338 e. The number of likely N-dealkylation sites (tertiary alicyclic amines) is 1. The molecule has 2 aliphatic heterocycles. The predicted molar refractivity (Wildman–Crippen MR) is 90.8 cm³/mol. The summed E-state index contributed by atoms with van der Waals surface area (Å²) in [7, 11) is 0. The van der Waals surface area contributed by atoms with Gasteiger partial charge >= 0.3 is 6.03 Å². The summed E-state index contributed by atoms with van der Waals surface area (Å²) < 4.78 is 0. The van der Waals surface area contributed by atoms with Gasteiger partial charge in [0.1, 0.15) is 0 Å². The number of nitrogens with zero attached hydrogens (tertiary/aromatic N) is 2. The molecule has 2 unspecified atom stereocenters. The predicted octanol–water partition coefficient (Wildman–Crippen LogP) is 2.64. The van der Waals surface area contributed by atoms with Crippen LogP contribution in [0.5, 0.6) is 0 Å². The molecule has 0 radical (unpaired) electrons. The van der Waals surface area contributed by atoms with Crippen LogP contribution in [0, 0.1) is 18.8 Å². The summed E-state index contributed by atoms with van der Waals surface area (Å²) in [5.41, 5.74) is 2.56. The lowest BCUT2D eigenvalue weighted by molar-refractivity contribution is 0.0623. The molecule has 0 bridgehead atoms. The fourth-order valence-corrected chi connectivity index (χ4v) is 3.80. The van der Waals surface area contributed by atoms with Gasteiger partial charge in [-0.05, 0) is 48.9 Å². The molecule has 2 atom stereocenters. The van der Waals surface area contributed by atoms with Crippen molar-refractivity contribution in [3.8, 4) is 0 Å². The maximum atomic E-state index is 12.8. The number of rotatable bonds is 2. The van der Waals surface area contributed by atoms with Crippen LogP contribution in [0.3, 0.4) is 0 Å². The van der Waals surface area contributed by atoms with Gasteiger partial charge in [-0.3, -0.25) is 9.69 Å². The highest BCUT2D eigenvalue weighted by Crippen LogP contribution is 2.26. The second-order valence-electron chi connectivity index (χ2n) is 7.04. The van der Waals surface area contributed by atoms with Crippen molar-refractivity contribution in [2.75, 3.05) is 31.1 Å². The fraction of sp³-hybridized carbons (Fsp3) is 0.556. The molecule has 124 valence electrons. The van der Waals surface area contributed by atoms with Gasteiger partial charge in [-0.25, -0.2) is 4.79 Å². The molecule has 0 spiro atoms. The van der Waals surface area contributed by atoms with Crippen molar-refractivity contribution >= 4 is 17.6 Å². The standard InChI is InChI=1S/C18H25N3O2/c1-12-8-13(2)11-20(10-12)17(22)15-4-5-16(14(3)9-15)21-7-6-19-18(21)23/h4-5,9,12-13H,6-8,10-11H2,1-3H3,(H,19,23). The Bertz CT molecular complexity index is 619. The Morgan fingerprint density at radius 3 is 2.48 bits per heavy atom. The Hall–Kier alpha value is -2.04. The van der Waals surface area contributed by atoms with Crippen LogP contribution in [0.1, 0.15) is 36.2 Å². The van der Waals surface area contributed by atoms with E-state index < -0.39 is 0 Å². The van der Waals surface area contributed by atoms with E-state index in [9.17, 15) is 9.59 Å². The van der Waals surface area contributed by atoms with Crippen molar-refractivity contribution < 1.29 is 9.59 Å². The van der Waals surface area contributed by atoms with Crippen LogP contribution in [0.15, 0.2) is 18.2 Å². The van der Waals surface area contributed by atoms with Crippen LogP contribution >= 0.6 is 0 Å². The molecule has 5 heteroatoms. The van der Waals surface area contributed by atoms with Crippen LogP contribution in [0.4, 0.5) is 10.5 Å².